The molecule has 2 heterocycles. The van der Waals surface area contributed by atoms with Gasteiger partial charge in [0.2, 0.25) is 5.13 Å². The molecule has 0 radical (unpaired) electrons. The number of hydrogen-bond donors (Lipinski definition) is 1. The minimum absolute atomic E-state index is 0.0571. The molecule has 1 N–H and O–H groups in total. The first-order valence-corrected chi connectivity index (χ1v) is 5.96. The van der Waals surface area contributed by atoms with Gasteiger partial charge in [-0.15, -0.1) is 10.2 Å². The van der Waals surface area contributed by atoms with Crippen LogP contribution in [0.1, 0.15) is 19.8 Å². The first kappa shape index (κ1) is 10.4. The van der Waals surface area contributed by atoms with Gasteiger partial charge >= 0.3 is 6.03 Å². The monoisotopic (exact) mass is 226 g/mol. The highest BCUT2D eigenvalue weighted by molar-refractivity contribution is 7.13. The molecule has 1 fully saturated rings. The third-order valence-corrected chi connectivity index (χ3v) is 3.12. The fourth-order valence-corrected chi connectivity index (χ4v) is 2.21. The lowest BCUT2D eigenvalue weighted by atomic mass is 10.0. The van der Waals surface area contributed by atoms with Gasteiger partial charge in [0, 0.05) is 13.1 Å². The van der Waals surface area contributed by atoms with Crippen molar-refractivity contribution in [3.8, 4) is 0 Å². The summed E-state index contributed by atoms with van der Waals surface area (Å²) in [5.74, 6) is 0.596. The average molecular weight is 226 g/mol. The Morgan fingerprint density at radius 2 is 2.60 bits per heavy atom. The Hall–Kier alpha value is -1.17. The maximum Gasteiger partial charge on any atom is 0.323 e. The first-order chi connectivity index (χ1) is 7.25. The Morgan fingerprint density at radius 1 is 1.73 bits per heavy atom. The van der Waals surface area contributed by atoms with Crippen molar-refractivity contribution in [3.63, 3.8) is 0 Å². The van der Waals surface area contributed by atoms with Gasteiger partial charge in [-0.3, -0.25) is 5.32 Å². The first-order valence-electron chi connectivity index (χ1n) is 5.08. The summed E-state index contributed by atoms with van der Waals surface area (Å²) in [7, 11) is 0. The number of rotatable bonds is 1. The highest BCUT2D eigenvalue weighted by Crippen LogP contribution is 2.17. The number of aromatic nitrogens is 2. The zero-order chi connectivity index (χ0) is 10.7. The molecule has 1 aliphatic heterocycles. The number of hydrogen-bond acceptors (Lipinski definition) is 4. The fraction of sp³-hybridized carbons (Fsp3) is 0.667. The molecule has 2 amide bonds. The normalized spacial score (nSPS) is 21.4. The van der Waals surface area contributed by atoms with Crippen LogP contribution in [0.25, 0.3) is 0 Å². The minimum atomic E-state index is -0.0571. The molecule has 6 heteroatoms. The Kier molecular flexibility index (Phi) is 3.15. The zero-order valence-electron chi connectivity index (χ0n) is 8.64. The average Bonchev–Trinajstić information content (AvgIpc) is 2.70. The van der Waals surface area contributed by atoms with Crippen LogP contribution in [0.15, 0.2) is 5.51 Å². The van der Waals surface area contributed by atoms with Crippen molar-refractivity contribution in [2.45, 2.75) is 19.8 Å². The standard InChI is InChI=1S/C9H14N4OS/c1-7-3-2-4-13(5-7)9(14)11-8-12-10-6-15-8/h6-7H,2-5H2,1H3,(H,11,12,14)/t7-/m1/s1. The van der Waals surface area contributed by atoms with Crippen molar-refractivity contribution in [1.82, 2.24) is 15.1 Å². The van der Waals surface area contributed by atoms with E-state index in [0.717, 1.165) is 19.5 Å². The van der Waals surface area contributed by atoms with Crippen LogP contribution in [-0.4, -0.2) is 34.2 Å². The summed E-state index contributed by atoms with van der Waals surface area (Å²) in [4.78, 5) is 13.6. The summed E-state index contributed by atoms with van der Waals surface area (Å²) in [6, 6.07) is -0.0571. The molecule has 0 spiro atoms. The number of nitrogens with one attached hydrogen (secondary N) is 1. The van der Waals surface area contributed by atoms with Crippen LogP contribution in [0.4, 0.5) is 9.93 Å². The molecule has 1 aromatic rings. The second-order valence-corrected chi connectivity index (χ2v) is 4.70. The van der Waals surface area contributed by atoms with Crippen LogP contribution >= 0.6 is 11.3 Å². The predicted molar refractivity (Wildman–Crippen MR) is 58.9 cm³/mol. The molecule has 82 valence electrons. The molecular weight excluding hydrogens is 212 g/mol. The van der Waals surface area contributed by atoms with E-state index in [1.165, 1.54) is 17.8 Å². The summed E-state index contributed by atoms with van der Waals surface area (Å²) in [5, 5.41) is 10.8. The fourth-order valence-electron chi connectivity index (χ4n) is 1.77. The molecule has 0 bridgehead atoms. The Balaban J connectivity index is 1.90. The van der Waals surface area contributed by atoms with Gasteiger partial charge in [0.05, 0.1) is 0 Å². The number of piperidine rings is 1. The van der Waals surface area contributed by atoms with Crippen molar-refractivity contribution in [2.24, 2.45) is 5.92 Å². The number of likely N-dealkylation sites (tertiary alicyclic amines) is 1. The maximum absolute atomic E-state index is 11.8. The van der Waals surface area contributed by atoms with Crippen molar-refractivity contribution in [1.29, 1.82) is 0 Å². The van der Waals surface area contributed by atoms with Crippen molar-refractivity contribution < 1.29 is 4.79 Å². The van der Waals surface area contributed by atoms with Crippen LogP contribution < -0.4 is 5.32 Å². The highest BCUT2D eigenvalue weighted by Gasteiger charge is 2.21. The molecule has 1 aliphatic rings. The van der Waals surface area contributed by atoms with E-state index in [1.807, 2.05) is 4.90 Å². The minimum Gasteiger partial charge on any atom is -0.324 e. The summed E-state index contributed by atoms with van der Waals surface area (Å²) in [6.45, 7) is 3.85. The quantitative estimate of drug-likeness (QED) is 0.794. The molecule has 0 saturated carbocycles. The molecule has 5 nitrogen and oxygen atoms in total. The van der Waals surface area contributed by atoms with E-state index >= 15 is 0 Å². The van der Waals surface area contributed by atoms with E-state index in [1.54, 1.807) is 5.51 Å². The Bertz CT molecular complexity index is 327. The van der Waals surface area contributed by atoms with Gasteiger partial charge in [-0.2, -0.15) is 0 Å². The zero-order valence-corrected chi connectivity index (χ0v) is 9.46. The largest absolute Gasteiger partial charge is 0.324 e. The molecule has 1 aromatic heterocycles. The molecule has 2 rings (SSSR count). The number of amides is 2. The highest BCUT2D eigenvalue weighted by atomic mass is 32.1. The second kappa shape index (κ2) is 4.57. The molecule has 1 atom stereocenters. The van der Waals surface area contributed by atoms with E-state index in [0.29, 0.717) is 11.0 Å². The van der Waals surface area contributed by atoms with Crippen LogP contribution in [0.5, 0.6) is 0 Å². The molecule has 0 aliphatic carbocycles. The number of carbonyl (C=O) groups excluding carboxylic acids is 1. The number of anilines is 1. The van der Waals surface area contributed by atoms with Gasteiger partial charge in [-0.25, -0.2) is 4.79 Å². The summed E-state index contributed by atoms with van der Waals surface area (Å²) in [5.41, 5.74) is 1.61. The van der Waals surface area contributed by atoms with Gasteiger partial charge in [-0.1, -0.05) is 18.3 Å². The van der Waals surface area contributed by atoms with Gasteiger partial charge in [0.1, 0.15) is 5.51 Å². The van der Waals surface area contributed by atoms with E-state index < -0.39 is 0 Å². The van der Waals surface area contributed by atoms with Gasteiger partial charge in [0.15, 0.2) is 0 Å². The third kappa shape index (κ3) is 2.65. The topological polar surface area (TPSA) is 58.1 Å². The third-order valence-electron chi connectivity index (χ3n) is 2.52. The van der Waals surface area contributed by atoms with Crippen molar-refractivity contribution in [2.75, 3.05) is 18.4 Å². The number of nitrogens with zero attached hydrogens (tertiary/aromatic N) is 3. The maximum atomic E-state index is 11.8. The molecular formula is C9H14N4OS. The van der Waals surface area contributed by atoms with Crippen LogP contribution in [0, 0.1) is 5.92 Å². The predicted octanol–water partition coefficient (Wildman–Crippen LogP) is 1.80. The summed E-state index contributed by atoms with van der Waals surface area (Å²) < 4.78 is 0. The summed E-state index contributed by atoms with van der Waals surface area (Å²) in [6.07, 6.45) is 2.30. The molecule has 0 aromatic carbocycles. The Labute approximate surface area is 92.5 Å². The van der Waals surface area contributed by atoms with Crippen molar-refractivity contribution >= 4 is 22.5 Å². The molecule has 1 saturated heterocycles. The summed E-state index contributed by atoms with van der Waals surface area (Å²) >= 11 is 1.34. The van der Waals surface area contributed by atoms with Crippen molar-refractivity contribution in [3.05, 3.63) is 5.51 Å². The lowest BCUT2D eigenvalue weighted by molar-refractivity contribution is 0.182. The van der Waals surface area contributed by atoms with Crippen LogP contribution in [-0.2, 0) is 0 Å². The second-order valence-electron chi connectivity index (χ2n) is 3.87. The smallest absolute Gasteiger partial charge is 0.323 e. The van der Waals surface area contributed by atoms with Crippen LogP contribution in [0.2, 0.25) is 0 Å². The Morgan fingerprint density at radius 3 is 3.27 bits per heavy atom. The van der Waals surface area contributed by atoms with E-state index in [2.05, 4.69) is 22.4 Å². The van der Waals surface area contributed by atoms with Gasteiger partial charge < -0.3 is 4.90 Å². The lowest BCUT2D eigenvalue weighted by Gasteiger charge is -2.30. The number of carbonyl (C=O) groups is 1. The van der Waals surface area contributed by atoms with Crippen LogP contribution in [0.3, 0.4) is 0 Å². The van der Waals surface area contributed by atoms with Gasteiger partial charge in [0.25, 0.3) is 0 Å². The van der Waals surface area contributed by atoms with E-state index in [4.69, 9.17) is 0 Å². The molecule has 15 heavy (non-hydrogen) atoms. The number of urea groups is 1. The lowest BCUT2D eigenvalue weighted by Crippen LogP contribution is -2.41. The SMILES string of the molecule is C[C@@H]1CCCN(C(=O)Nc2nncs2)C1. The van der Waals surface area contributed by atoms with E-state index in [-0.39, 0.29) is 6.03 Å². The van der Waals surface area contributed by atoms with Gasteiger partial charge in [-0.05, 0) is 18.8 Å². The van der Waals surface area contributed by atoms with E-state index in [9.17, 15) is 4.79 Å². The molecule has 0 unspecified atom stereocenters.